The lowest BCUT2D eigenvalue weighted by Crippen LogP contribution is -2.46. The zero-order valence-corrected chi connectivity index (χ0v) is 10.2. The van der Waals surface area contributed by atoms with E-state index in [1.807, 2.05) is 18.2 Å². The van der Waals surface area contributed by atoms with Crippen LogP contribution in [0.15, 0.2) is 18.2 Å². The molecule has 0 aliphatic carbocycles. The summed E-state index contributed by atoms with van der Waals surface area (Å²) in [6.45, 7) is 5.20. The summed E-state index contributed by atoms with van der Waals surface area (Å²) in [4.78, 5) is 12.0. The van der Waals surface area contributed by atoms with E-state index in [4.69, 9.17) is 5.11 Å². The molecule has 0 saturated carbocycles. The Kier molecular flexibility index (Phi) is 3.17. The van der Waals surface area contributed by atoms with Gasteiger partial charge in [0.05, 0.1) is 12.1 Å². The summed E-state index contributed by atoms with van der Waals surface area (Å²) in [5, 5.41) is 15.2. The number of aliphatic hydroxyl groups excluding tert-OH is 1. The first-order valence-corrected chi connectivity index (χ1v) is 5.78. The molecule has 3 N–H and O–H groups in total. The van der Waals surface area contributed by atoms with Gasteiger partial charge in [-0.3, -0.25) is 4.79 Å². The summed E-state index contributed by atoms with van der Waals surface area (Å²) < 4.78 is 0. The van der Waals surface area contributed by atoms with E-state index in [9.17, 15) is 4.79 Å². The molecule has 17 heavy (non-hydrogen) atoms. The summed E-state index contributed by atoms with van der Waals surface area (Å²) in [5.41, 5.74) is 2.49. The number of hydrogen-bond donors (Lipinski definition) is 3. The molecule has 1 heterocycles. The third-order valence-corrected chi connectivity index (χ3v) is 2.95. The van der Waals surface area contributed by atoms with Crippen molar-refractivity contribution in [2.24, 2.45) is 0 Å². The Bertz CT molecular complexity index is 441. The molecule has 0 radical (unpaired) electrons. The molecule has 0 unspecified atom stereocenters. The van der Waals surface area contributed by atoms with Crippen LogP contribution in [-0.2, 0) is 13.1 Å². The molecule has 0 saturated heterocycles. The molecule has 0 atom stereocenters. The average Bonchev–Trinajstić information content (AvgIpc) is 2.75. The maximum Gasteiger partial charge on any atom is 0.251 e. The topological polar surface area (TPSA) is 61.4 Å². The fourth-order valence-corrected chi connectivity index (χ4v) is 1.86. The van der Waals surface area contributed by atoms with Gasteiger partial charge in [-0.05, 0) is 37.1 Å². The molecular formula is C13H18N2O2. The summed E-state index contributed by atoms with van der Waals surface area (Å²) in [5.74, 6) is -0.140. The molecule has 4 heteroatoms. The minimum atomic E-state index is -0.589. The highest BCUT2D eigenvalue weighted by molar-refractivity contribution is 5.95. The van der Waals surface area contributed by atoms with Crippen LogP contribution in [0.2, 0.25) is 0 Å². The maximum atomic E-state index is 12.0. The molecule has 0 fully saturated rings. The molecule has 1 aliphatic heterocycles. The van der Waals surface area contributed by atoms with E-state index >= 15 is 0 Å². The number of fused-ring (bicyclic) bond motifs is 1. The molecule has 1 aliphatic rings. The fraction of sp³-hybridized carbons (Fsp3) is 0.462. The van der Waals surface area contributed by atoms with E-state index < -0.39 is 5.54 Å². The number of amides is 1. The van der Waals surface area contributed by atoms with E-state index in [0.717, 1.165) is 13.1 Å². The summed E-state index contributed by atoms with van der Waals surface area (Å²) >= 11 is 0. The van der Waals surface area contributed by atoms with E-state index in [-0.39, 0.29) is 12.5 Å². The lowest BCUT2D eigenvalue weighted by molar-refractivity contribution is 0.0869. The Labute approximate surface area is 101 Å². The number of hydrogen-bond acceptors (Lipinski definition) is 3. The first kappa shape index (κ1) is 12.1. The normalized spacial score (nSPS) is 14.5. The molecule has 2 rings (SSSR count). The number of aliphatic hydroxyl groups is 1. The summed E-state index contributed by atoms with van der Waals surface area (Å²) in [6, 6.07) is 5.73. The van der Waals surface area contributed by atoms with E-state index in [1.165, 1.54) is 11.1 Å². The van der Waals surface area contributed by atoms with E-state index in [0.29, 0.717) is 5.56 Å². The van der Waals surface area contributed by atoms with E-state index in [1.54, 1.807) is 13.8 Å². The van der Waals surface area contributed by atoms with Gasteiger partial charge in [-0.1, -0.05) is 6.07 Å². The smallest absolute Gasteiger partial charge is 0.251 e. The number of carbonyl (C=O) groups is 1. The van der Waals surface area contributed by atoms with Gasteiger partial charge in [-0.2, -0.15) is 0 Å². The molecule has 1 amide bonds. The lowest BCUT2D eigenvalue weighted by Gasteiger charge is -2.23. The summed E-state index contributed by atoms with van der Waals surface area (Å²) in [7, 11) is 0. The molecule has 0 spiro atoms. The Morgan fingerprint density at radius 2 is 2.12 bits per heavy atom. The molecule has 1 aromatic rings. The predicted octanol–water partition coefficient (Wildman–Crippen LogP) is 0.791. The van der Waals surface area contributed by atoms with Crippen molar-refractivity contribution < 1.29 is 9.90 Å². The molecule has 1 aromatic carbocycles. The van der Waals surface area contributed by atoms with Crippen molar-refractivity contribution in [3.63, 3.8) is 0 Å². The zero-order valence-electron chi connectivity index (χ0n) is 10.2. The molecule has 0 aromatic heterocycles. The van der Waals surface area contributed by atoms with Gasteiger partial charge in [0.15, 0.2) is 0 Å². The van der Waals surface area contributed by atoms with Crippen molar-refractivity contribution in [1.29, 1.82) is 0 Å². The average molecular weight is 234 g/mol. The second-order valence-corrected chi connectivity index (χ2v) is 5.08. The van der Waals surface area contributed by atoms with Crippen LogP contribution in [0, 0.1) is 0 Å². The highest BCUT2D eigenvalue weighted by Gasteiger charge is 2.21. The number of nitrogens with one attached hydrogen (secondary N) is 2. The van der Waals surface area contributed by atoms with Crippen LogP contribution in [0.1, 0.15) is 35.3 Å². The Morgan fingerprint density at radius 3 is 2.82 bits per heavy atom. The van der Waals surface area contributed by atoms with Gasteiger partial charge in [0.1, 0.15) is 0 Å². The second kappa shape index (κ2) is 4.47. The lowest BCUT2D eigenvalue weighted by atomic mass is 10.0. The largest absolute Gasteiger partial charge is 0.394 e. The number of carbonyl (C=O) groups excluding carboxylic acids is 1. The van der Waals surface area contributed by atoms with Gasteiger partial charge in [-0.25, -0.2) is 0 Å². The number of benzene rings is 1. The first-order valence-electron chi connectivity index (χ1n) is 5.78. The third kappa shape index (κ3) is 2.65. The monoisotopic (exact) mass is 234 g/mol. The van der Waals surface area contributed by atoms with Crippen LogP contribution in [-0.4, -0.2) is 23.2 Å². The van der Waals surface area contributed by atoms with Crippen LogP contribution in [0.4, 0.5) is 0 Å². The van der Waals surface area contributed by atoms with Crippen molar-refractivity contribution in [3.8, 4) is 0 Å². The standard InChI is InChI=1S/C13H18N2O2/c1-13(2,8-16)15-12(17)9-3-4-10-6-14-7-11(10)5-9/h3-5,14,16H,6-8H2,1-2H3,(H,15,17). The van der Waals surface area contributed by atoms with E-state index in [2.05, 4.69) is 10.6 Å². The molecule has 0 bridgehead atoms. The molecule has 4 nitrogen and oxygen atoms in total. The minimum absolute atomic E-state index is 0.0781. The quantitative estimate of drug-likeness (QED) is 0.724. The highest BCUT2D eigenvalue weighted by Crippen LogP contribution is 2.17. The number of rotatable bonds is 3. The van der Waals surface area contributed by atoms with Crippen molar-refractivity contribution >= 4 is 5.91 Å². The SMILES string of the molecule is CC(C)(CO)NC(=O)c1ccc2c(c1)CNC2. The van der Waals surface area contributed by atoms with Crippen molar-refractivity contribution in [1.82, 2.24) is 10.6 Å². The van der Waals surface area contributed by atoms with Crippen molar-refractivity contribution in [2.45, 2.75) is 32.5 Å². The Morgan fingerprint density at radius 1 is 1.41 bits per heavy atom. The van der Waals surface area contributed by atoms with Crippen LogP contribution < -0.4 is 10.6 Å². The van der Waals surface area contributed by atoms with Crippen LogP contribution in [0.3, 0.4) is 0 Å². The second-order valence-electron chi connectivity index (χ2n) is 5.08. The fourth-order valence-electron chi connectivity index (χ4n) is 1.86. The van der Waals surface area contributed by atoms with Crippen molar-refractivity contribution in [2.75, 3.05) is 6.61 Å². The zero-order chi connectivity index (χ0) is 12.5. The van der Waals surface area contributed by atoms with Crippen LogP contribution in [0.5, 0.6) is 0 Å². The van der Waals surface area contributed by atoms with Gasteiger partial charge >= 0.3 is 0 Å². The van der Waals surface area contributed by atoms with Crippen LogP contribution >= 0.6 is 0 Å². The third-order valence-electron chi connectivity index (χ3n) is 2.95. The predicted molar refractivity (Wildman–Crippen MR) is 65.6 cm³/mol. The Hall–Kier alpha value is -1.39. The first-order chi connectivity index (χ1) is 8.02. The molecule has 92 valence electrons. The van der Waals surface area contributed by atoms with Gasteiger partial charge < -0.3 is 15.7 Å². The van der Waals surface area contributed by atoms with Gasteiger partial charge in [0, 0.05) is 18.7 Å². The van der Waals surface area contributed by atoms with Gasteiger partial charge in [0.25, 0.3) is 5.91 Å². The Balaban J connectivity index is 2.15. The van der Waals surface area contributed by atoms with Crippen molar-refractivity contribution in [3.05, 3.63) is 34.9 Å². The highest BCUT2D eigenvalue weighted by atomic mass is 16.3. The van der Waals surface area contributed by atoms with Gasteiger partial charge in [-0.15, -0.1) is 0 Å². The van der Waals surface area contributed by atoms with Gasteiger partial charge in [0.2, 0.25) is 0 Å². The summed E-state index contributed by atoms with van der Waals surface area (Å²) in [6.07, 6.45) is 0. The molecular weight excluding hydrogens is 216 g/mol. The maximum absolute atomic E-state index is 12.0. The minimum Gasteiger partial charge on any atom is -0.394 e. The van der Waals surface area contributed by atoms with Crippen LogP contribution in [0.25, 0.3) is 0 Å².